The van der Waals surface area contributed by atoms with Crippen molar-refractivity contribution in [3.8, 4) is 0 Å². The molecule has 0 saturated carbocycles. The molecule has 0 aromatic carbocycles. The average molecular weight is 613 g/mol. The predicted molar refractivity (Wildman–Crippen MR) is 120 cm³/mol. The molecule has 0 radical (unpaired) electrons. The maximum absolute atomic E-state index is 11.8. The standard InChI is InChI=1S/C12H17N3O5.3H3O4P.2H2O/c13-3-1-2-7-5-15(12(19)14-11(7)18)10-4-8(17)9(6-16)20-10;3*1-5(2,3)4;;/h1,3,5,8-10,16-17H,2,4,6,13H2,(H,14,18,19);3*(H3,1,2,3,4);2*1H2/b3-1+;;;;;/t8-,9+,10+;;;;;/m0...../s1. The van der Waals surface area contributed by atoms with Crippen molar-refractivity contribution >= 4 is 23.5 Å². The SMILES string of the molecule is N/C=C/Cc1cn([C@H]2C[C@H](O)[C@@H](CO)O2)c(=O)[nH]c1=O.O.O.O=P(O)(O)O.O=P(O)(O)O.O=P(O)(O)O. The molecule has 1 aromatic rings. The summed E-state index contributed by atoms with van der Waals surface area (Å²) in [5.41, 5.74) is 4.48. The van der Waals surface area contributed by atoms with Crippen molar-refractivity contribution in [3.63, 3.8) is 0 Å². The zero-order valence-electron chi connectivity index (χ0n) is 18.3. The largest absolute Gasteiger partial charge is 0.466 e. The number of hydrogen-bond acceptors (Lipinski definition) is 9. The highest BCUT2D eigenvalue weighted by Crippen LogP contribution is 2.28. The normalized spacial score (nSPS) is 19.1. The van der Waals surface area contributed by atoms with E-state index in [9.17, 15) is 14.7 Å². The van der Waals surface area contributed by atoms with E-state index in [1.807, 2.05) is 0 Å². The van der Waals surface area contributed by atoms with Gasteiger partial charge in [0.1, 0.15) is 12.3 Å². The highest BCUT2D eigenvalue weighted by Gasteiger charge is 2.35. The van der Waals surface area contributed by atoms with Crippen molar-refractivity contribution in [2.75, 3.05) is 6.61 Å². The Hall–Kier alpha value is -1.65. The lowest BCUT2D eigenvalue weighted by molar-refractivity contribution is -0.0459. The number of aliphatic hydroxyl groups excluding tert-OH is 2. The van der Waals surface area contributed by atoms with Crippen molar-refractivity contribution in [2.45, 2.75) is 31.3 Å². The number of rotatable bonds is 4. The minimum Gasteiger partial charge on any atom is -0.412 e. The molecule has 1 aliphatic heterocycles. The Bertz CT molecular complexity index is 982. The van der Waals surface area contributed by atoms with E-state index in [1.165, 1.54) is 17.0 Å². The van der Waals surface area contributed by atoms with Gasteiger partial charge in [-0.3, -0.25) is 14.3 Å². The molecule has 0 bridgehead atoms. The molecule has 2 heterocycles. The van der Waals surface area contributed by atoms with Gasteiger partial charge in [-0.15, -0.1) is 0 Å². The maximum atomic E-state index is 11.8. The first-order valence-corrected chi connectivity index (χ1v) is 13.3. The minimum absolute atomic E-state index is 0. The second kappa shape index (κ2) is 18.6. The second-order valence-corrected chi connectivity index (χ2v) is 9.19. The lowest BCUT2D eigenvalue weighted by Gasteiger charge is -2.15. The molecule has 37 heavy (non-hydrogen) atoms. The van der Waals surface area contributed by atoms with Gasteiger partial charge in [-0.1, -0.05) is 6.08 Å². The van der Waals surface area contributed by atoms with E-state index in [0.29, 0.717) is 5.56 Å². The first kappa shape index (κ1) is 42.4. The molecular weight excluding hydrogens is 583 g/mol. The third-order valence-electron chi connectivity index (χ3n) is 3.21. The predicted octanol–water partition coefficient (Wildman–Crippen LogP) is -6.24. The van der Waals surface area contributed by atoms with E-state index in [0.717, 1.165) is 0 Å². The van der Waals surface area contributed by atoms with Crippen LogP contribution in [-0.4, -0.2) is 93.6 Å². The number of nitrogens with one attached hydrogen (secondary N) is 1. The summed E-state index contributed by atoms with van der Waals surface area (Å²) < 4.78 is 33.2. The van der Waals surface area contributed by atoms with Crippen molar-refractivity contribution in [2.24, 2.45) is 5.73 Å². The number of H-pyrrole nitrogens is 1. The molecular formula is C12H30N3O19P3. The van der Waals surface area contributed by atoms with Crippen molar-refractivity contribution in [3.05, 3.63) is 44.9 Å². The fourth-order valence-corrected chi connectivity index (χ4v) is 2.13. The van der Waals surface area contributed by atoms with E-state index >= 15 is 0 Å². The van der Waals surface area contributed by atoms with Gasteiger partial charge in [0.05, 0.1) is 12.7 Å². The lowest BCUT2D eigenvalue weighted by atomic mass is 10.2. The van der Waals surface area contributed by atoms with Crippen LogP contribution >= 0.6 is 23.5 Å². The molecule has 1 saturated heterocycles. The Balaban J connectivity index is -0.000000266. The first-order valence-electron chi connectivity index (χ1n) is 8.57. The smallest absolute Gasteiger partial charge is 0.412 e. The average Bonchev–Trinajstić information content (AvgIpc) is 2.97. The number of aromatic amines is 1. The van der Waals surface area contributed by atoms with E-state index < -0.39 is 53.2 Å². The van der Waals surface area contributed by atoms with Gasteiger partial charge >= 0.3 is 29.2 Å². The van der Waals surface area contributed by atoms with E-state index in [4.69, 9.17) is 73.3 Å². The van der Waals surface area contributed by atoms with Crippen molar-refractivity contribution in [1.82, 2.24) is 9.55 Å². The quantitative estimate of drug-likeness (QED) is 0.140. The number of nitrogens with two attached hydrogens (primary N) is 1. The van der Waals surface area contributed by atoms with Crippen LogP contribution in [0.3, 0.4) is 0 Å². The zero-order valence-corrected chi connectivity index (χ0v) is 21.0. The van der Waals surface area contributed by atoms with Gasteiger partial charge in [0, 0.05) is 18.2 Å². The van der Waals surface area contributed by atoms with Crippen LogP contribution in [-0.2, 0) is 24.9 Å². The van der Waals surface area contributed by atoms with E-state index in [-0.39, 0.29) is 30.4 Å². The van der Waals surface area contributed by atoms with Gasteiger partial charge in [0.2, 0.25) is 0 Å². The zero-order chi connectivity index (χ0) is 28.2. The number of phosphoric acid groups is 3. The third-order valence-corrected chi connectivity index (χ3v) is 3.21. The lowest BCUT2D eigenvalue weighted by Crippen LogP contribution is -2.34. The molecule has 222 valence electrons. The summed E-state index contributed by atoms with van der Waals surface area (Å²) in [4.78, 5) is 90.3. The van der Waals surface area contributed by atoms with E-state index in [2.05, 4.69) is 4.98 Å². The Morgan fingerprint density at radius 1 is 0.973 bits per heavy atom. The molecule has 22 nitrogen and oxygen atoms in total. The van der Waals surface area contributed by atoms with Crippen molar-refractivity contribution < 1.29 is 83.6 Å². The van der Waals surface area contributed by atoms with Gasteiger partial charge in [-0.25, -0.2) is 18.5 Å². The summed E-state index contributed by atoms with van der Waals surface area (Å²) in [6.45, 7) is -0.335. The Kier molecular flexibility index (Phi) is 21.3. The molecule has 0 amide bonds. The summed E-state index contributed by atoms with van der Waals surface area (Å²) in [7, 11) is -13.9. The van der Waals surface area contributed by atoms with Crippen LogP contribution in [0.5, 0.6) is 0 Å². The molecule has 1 aliphatic rings. The highest BCUT2D eigenvalue weighted by molar-refractivity contribution is 7.45. The Morgan fingerprint density at radius 2 is 1.38 bits per heavy atom. The van der Waals surface area contributed by atoms with Crippen LogP contribution < -0.4 is 17.0 Å². The highest BCUT2D eigenvalue weighted by atomic mass is 31.2. The second-order valence-electron chi connectivity index (χ2n) is 6.11. The molecule has 1 fully saturated rings. The molecule has 0 spiro atoms. The van der Waals surface area contributed by atoms with Crippen LogP contribution in [0.4, 0.5) is 0 Å². The van der Waals surface area contributed by atoms with Crippen LogP contribution in [0.25, 0.3) is 0 Å². The van der Waals surface area contributed by atoms with Crippen LogP contribution in [0, 0.1) is 0 Å². The summed E-state index contributed by atoms with van der Waals surface area (Å²) in [6, 6.07) is 0. The molecule has 18 N–H and O–H groups in total. The van der Waals surface area contributed by atoms with Gasteiger partial charge in [-0.05, 0) is 12.6 Å². The number of aromatic nitrogens is 2. The maximum Gasteiger partial charge on any atom is 0.466 e. The fraction of sp³-hybridized carbons (Fsp3) is 0.500. The van der Waals surface area contributed by atoms with Gasteiger partial charge < -0.3 is 75.7 Å². The Labute approximate surface area is 205 Å². The molecule has 1 aromatic heterocycles. The molecule has 3 atom stereocenters. The van der Waals surface area contributed by atoms with Crippen LogP contribution in [0.15, 0.2) is 28.1 Å². The summed E-state index contributed by atoms with van der Waals surface area (Å²) in [6.07, 6.45) is 2.44. The van der Waals surface area contributed by atoms with Gasteiger partial charge in [0.15, 0.2) is 0 Å². The third kappa shape index (κ3) is 27.2. The fourth-order valence-electron chi connectivity index (χ4n) is 2.13. The molecule has 0 unspecified atom stereocenters. The van der Waals surface area contributed by atoms with Gasteiger partial charge in [-0.2, -0.15) is 0 Å². The number of ether oxygens (including phenoxy) is 1. The van der Waals surface area contributed by atoms with Crippen LogP contribution in [0.1, 0.15) is 18.2 Å². The monoisotopic (exact) mass is 613 g/mol. The minimum atomic E-state index is -4.64. The summed E-state index contributed by atoms with van der Waals surface area (Å²) in [5, 5.41) is 18.7. The number of allylic oxidation sites excluding steroid dienone is 1. The van der Waals surface area contributed by atoms with Gasteiger partial charge in [0.25, 0.3) is 5.56 Å². The first-order chi connectivity index (χ1) is 15.6. The Morgan fingerprint density at radius 3 is 1.70 bits per heavy atom. The number of hydrogen-bond donors (Lipinski definition) is 13. The summed E-state index contributed by atoms with van der Waals surface area (Å²) in [5.74, 6) is 0. The number of nitrogens with zero attached hydrogens (tertiary/aromatic N) is 1. The van der Waals surface area contributed by atoms with E-state index in [1.54, 1.807) is 6.08 Å². The van der Waals surface area contributed by atoms with Crippen molar-refractivity contribution in [1.29, 1.82) is 0 Å². The van der Waals surface area contributed by atoms with Crippen LogP contribution in [0.2, 0.25) is 0 Å². The number of aliphatic hydroxyl groups is 2. The molecule has 25 heteroatoms. The molecule has 2 rings (SSSR count). The summed E-state index contributed by atoms with van der Waals surface area (Å²) >= 11 is 0. The molecule has 0 aliphatic carbocycles. The topological polar surface area (TPSA) is 427 Å².